The van der Waals surface area contributed by atoms with Crippen LogP contribution in [0.1, 0.15) is 16.1 Å². The zero-order chi connectivity index (χ0) is 23.0. The summed E-state index contributed by atoms with van der Waals surface area (Å²) in [6, 6.07) is 15.2. The fraction of sp³-hybridized carbons (Fsp3) is 0.0455. The fourth-order valence-electron chi connectivity index (χ4n) is 3.07. The van der Waals surface area contributed by atoms with Crippen molar-refractivity contribution >= 4 is 41.0 Å². The molecule has 32 heavy (non-hydrogen) atoms. The molecule has 0 spiro atoms. The lowest BCUT2D eigenvalue weighted by Gasteiger charge is -2.12. The van der Waals surface area contributed by atoms with Crippen LogP contribution in [-0.4, -0.2) is 28.9 Å². The van der Waals surface area contributed by atoms with Crippen LogP contribution < -0.4 is 5.01 Å². The Labute approximate surface area is 183 Å². The Hall–Kier alpha value is -3.85. The van der Waals surface area contributed by atoms with Crippen molar-refractivity contribution in [1.29, 1.82) is 0 Å². The van der Waals surface area contributed by atoms with Crippen LogP contribution >= 0.6 is 11.6 Å². The first-order valence-corrected chi connectivity index (χ1v) is 9.43. The number of hydrogen-bond acceptors (Lipinski definition) is 4. The lowest BCUT2D eigenvalue weighted by atomic mass is 10.1. The maximum Gasteiger partial charge on any atom is 0.435 e. The Balaban J connectivity index is 1.74. The van der Waals surface area contributed by atoms with Gasteiger partial charge in [-0.05, 0) is 36.4 Å². The predicted octanol–water partition coefficient (Wildman–Crippen LogP) is 5.65. The van der Waals surface area contributed by atoms with Crippen LogP contribution in [0.25, 0.3) is 17.4 Å². The Morgan fingerprint density at radius 3 is 2.47 bits per heavy atom. The number of amides is 1. The number of benzene rings is 2. The predicted molar refractivity (Wildman–Crippen MR) is 112 cm³/mol. The highest BCUT2D eigenvalue weighted by Gasteiger charge is 2.47. The van der Waals surface area contributed by atoms with Gasteiger partial charge in [0, 0.05) is 5.56 Å². The second-order valence-corrected chi connectivity index (χ2v) is 7.07. The van der Waals surface area contributed by atoms with E-state index < -0.39 is 29.3 Å². The van der Waals surface area contributed by atoms with Crippen molar-refractivity contribution in [2.45, 2.75) is 6.18 Å². The van der Waals surface area contributed by atoms with E-state index in [-0.39, 0.29) is 22.0 Å². The maximum absolute atomic E-state index is 13.6. The average molecular weight is 461 g/mol. The number of aromatic carboxylic acids is 1. The van der Waals surface area contributed by atoms with E-state index in [0.717, 1.165) is 18.2 Å². The normalized spacial score (nSPS) is 15.4. The average Bonchev–Trinajstić information content (AvgIpc) is 3.34. The molecule has 0 bridgehead atoms. The first kappa shape index (κ1) is 21.4. The lowest BCUT2D eigenvalue weighted by molar-refractivity contribution is -0.114. The molecule has 0 fully saturated rings. The van der Waals surface area contributed by atoms with E-state index in [1.54, 1.807) is 36.4 Å². The molecule has 2 heterocycles. The number of halogens is 4. The first-order chi connectivity index (χ1) is 15.1. The summed E-state index contributed by atoms with van der Waals surface area (Å²) in [6.07, 6.45) is -3.98. The third-order valence-electron chi connectivity index (χ3n) is 4.54. The molecule has 0 unspecified atom stereocenters. The minimum absolute atomic E-state index is 0.0216. The van der Waals surface area contributed by atoms with E-state index in [1.165, 1.54) is 12.1 Å². The number of carbonyl (C=O) groups is 2. The van der Waals surface area contributed by atoms with Crippen LogP contribution in [0.5, 0.6) is 0 Å². The summed E-state index contributed by atoms with van der Waals surface area (Å²) in [5.74, 6) is -2.06. The molecule has 3 aromatic rings. The van der Waals surface area contributed by atoms with E-state index in [0.29, 0.717) is 16.3 Å². The van der Waals surface area contributed by atoms with Gasteiger partial charge in [-0.2, -0.15) is 23.3 Å². The number of anilines is 1. The molecule has 0 aliphatic carbocycles. The summed E-state index contributed by atoms with van der Waals surface area (Å²) in [5.41, 5.74) is -2.00. The summed E-state index contributed by atoms with van der Waals surface area (Å²) in [4.78, 5) is 24.1. The zero-order valence-electron chi connectivity index (χ0n) is 15.9. The molecule has 6 nitrogen and oxygen atoms in total. The number of nitrogens with zero attached hydrogens (tertiary/aromatic N) is 2. The number of alkyl halides is 3. The number of hydrogen-bond donors (Lipinski definition) is 1. The van der Waals surface area contributed by atoms with Crippen molar-refractivity contribution in [3.8, 4) is 11.3 Å². The third-order valence-corrected chi connectivity index (χ3v) is 4.87. The highest BCUT2D eigenvalue weighted by Crippen LogP contribution is 2.34. The number of hydrazone groups is 1. The summed E-state index contributed by atoms with van der Waals surface area (Å²) in [6.45, 7) is 0. The van der Waals surface area contributed by atoms with E-state index in [9.17, 15) is 27.9 Å². The fourth-order valence-corrected chi connectivity index (χ4v) is 3.27. The zero-order valence-corrected chi connectivity index (χ0v) is 16.7. The SMILES string of the molecule is O=C(O)c1cc(N2N=C(C(F)(F)F)/C(=C\c3ccc(-c4ccccc4)o3)C2=O)ccc1Cl. The van der Waals surface area contributed by atoms with Gasteiger partial charge >= 0.3 is 12.1 Å². The van der Waals surface area contributed by atoms with Gasteiger partial charge in [0.05, 0.1) is 21.8 Å². The van der Waals surface area contributed by atoms with E-state index in [2.05, 4.69) is 5.10 Å². The summed E-state index contributed by atoms with van der Waals surface area (Å²) in [7, 11) is 0. The summed E-state index contributed by atoms with van der Waals surface area (Å²) in [5, 5.41) is 13.0. The Kier molecular flexibility index (Phi) is 5.35. The molecule has 162 valence electrons. The molecule has 10 heteroatoms. The molecule has 0 saturated heterocycles. The van der Waals surface area contributed by atoms with E-state index in [1.807, 2.05) is 0 Å². The number of rotatable bonds is 4. The molecular formula is C22H12ClF3N2O4. The van der Waals surface area contributed by atoms with Crippen LogP contribution in [0.3, 0.4) is 0 Å². The number of furan rings is 1. The van der Waals surface area contributed by atoms with Crippen LogP contribution in [0.2, 0.25) is 5.02 Å². The van der Waals surface area contributed by atoms with Crippen molar-refractivity contribution in [2.24, 2.45) is 5.10 Å². The molecule has 2 aromatic carbocycles. The van der Waals surface area contributed by atoms with Crippen molar-refractivity contribution in [2.75, 3.05) is 5.01 Å². The largest absolute Gasteiger partial charge is 0.478 e. The molecule has 1 N–H and O–H groups in total. The highest BCUT2D eigenvalue weighted by molar-refractivity contribution is 6.35. The second-order valence-electron chi connectivity index (χ2n) is 6.66. The van der Waals surface area contributed by atoms with Crippen LogP contribution in [-0.2, 0) is 4.79 Å². The topological polar surface area (TPSA) is 83.1 Å². The van der Waals surface area contributed by atoms with Gasteiger partial charge in [0.1, 0.15) is 11.5 Å². The van der Waals surface area contributed by atoms with Gasteiger partial charge in [0.25, 0.3) is 5.91 Å². The summed E-state index contributed by atoms with van der Waals surface area (Å²) < 4.78 is 46.4. The molecule has 0 saturated carbocycles. The number of carboxylic acids is 1. The van der Waals surface area contributed by atoms with Gasteiger partial charge < -0.3 is 9.52 Å². The lowest BCUT2D eigenvalue weighted by Crippen LogP contribution is -2.25. The van der Waals surface area contributed by atoms with Gasteiger partial charge in [-0.1, -0.05) is 41.9 Å². The van der Waals surface area contributed by atoms with E-state index in [4.69, 9.17) is 16.0 Å². The van der Waals surface area contributed by atoms with Crippen LogP contribution in [0.15, 0.2) is 75.8 Å². The minimum Gasteiger partial charge on any atom is -0.478 e. The van der Waals surface area contributed by atoms with Crippen LogP contribution in [0.4, 0.5) is 18.9 Å². The molecule has 0 radical (unpaired) electrons. The van der Waals surface area contributed by atoms with Crippen molar-refractivity contribution < 1.29 is 32.3 Å². The standard InChI is InChI=1S/C22H12ClF3N2O4/c23-17-8-6-13(10-15(17)21(30)31)28-20(29)16(19(27-28)22(24,25)26)11-14-7-9-18(32-14)12-4-2-1-3-5-12/h1-11H,(H,30,31)/b16-11+. The minimum atomic E-state index is -4.94. The Bertz CT molecular complexity index is 1280. The molecular weight excluding hydrogens is 449 g/mol. The maximum atomic E-state index is 13.6. The quantitative estimate of drug-likeness (QED) is 0.510. The van der Waals surface area contributed by atoms with E-state index >= 15 is 0 Å². The Morgan fingerprint density at radius 2 is 1.81 bits per heavy atom. The number of carboxylic acid groups (broad SMARTS) is 1. The Morgan fingerprint density at radius 1 is 1.09 bits per heavy atom. The van der Waals surface area contributed by atoms with Gasteiger partial charge in [-0.3, -0.25) is 4.79 Å². The molecule has 4 rings (SSSR count). The molecule has 1 amide bonds. The summed E-state index contributed by atoms with van der Waals surface area (Å²) >= 11 is 5.80. The van der Waals surface area contributed by atoms with Crippen molar-refractivity contribution in [3.63, 3.8) is 0 Å². The monoisotopic (exact) mass is 460 g/mol. The van der Waals surface area contributed by atoms with Gasteiger partial charge in [-0.25, -0.2) is 4.79 Å². The van der Waals surface area contributed by atoms with Gasteiger partial charge in [0.15, 0.2) is 5.71 Å². The van der Waals surface area contributed by atoms with Gasteiger partial charge in [-0.15, -0.1) is 0 Å². The first-order valence-electron chi connectivity index (χ1n) is 9.05. The molecule has 1 aliphatic heterocycles. The highest BCUT2D eigenvalue weighted by atomic mass is 35.5. The number of carbonyl (C=O) groups excluding carboxylic acids is 1. The van der Waals surface area contributed by atoms with Gasteiger partial charge in [0.2, 0.25) is 0 Å². The van der Waals surface area contributed by atoms with Crippen molar-refractivity contribution in [1.82, 2.24) is 0 Å². The molecule has 0 atom stereocenters. The van der Waals surface area contributed by atoms with Crippen molar-refractivity contribution in [3.05, 3.63) is 82.6 Å². The smallest absolute Gasteiger partial charge is 0.435 e. The molecule has 1 aromatic heterocycles. The van der Waals surface area contributed by atoms with Crippen LogP contribution in [0, 0.1) is 0 Å². The molecule has 1 aliphatic rings. The third kappa shape index (κ3) is 4.02. The second kappa shape index (κ2) is 8.01.